The Morgan fingerprint density at radius 3 is 2.94 bits per heavy atom. The van der Waals surface area contributed by atoms with Crippen molar-refractivity contribution in [3.05, 3.63) is 16.0 Å². The molecule has 1 rings (SSSR count). The number of rotatable bonds is 5. The summed E-state index contributed by atoms with van der Waals surface area (Å²) in [6.07, 6.45) is 3.53. The van der Waals surface area contributed by atoms with Gasteiger partial charge in [-0.1, -0.05) is 0 Å². The number of amides is 1. The lowest BCUT2D eigenvalue weighted by atomic mass is 10.2. The van der Waals surface area contributed by atoms with E-state index in [1.807, 2.05) is 20.0 Å². The maximum absolute atomic E-state index is 12.0. The number of nitrogens with zero attached hydrogens (tertiary/aromatic N) is 4. The molecule has 1 aromatic rings. The third kappa shape index (κ3) is 4.34. The Hall–Kier alpha value is -1.10. The van der Waals surface area contributed by atoms with Crippen LogP contribution >= 0.6 is 22.6 Å². The molecular formula is C11H15IN4O. The second-order valence-electron chi connectivity index (χ2n) is 3.82. The Balaban J connectivity index is 2.58. The summed E-state index contributed by atoms with van der Waals surface area (Å²) in [5.41, 5.74) is 0. The van der Waals surface area contributed by atoms with Gasteiger partial charge in [0.1, 0.15) is 6.54 Å². The fourth-order valence-corrected chi connectivity index (χ4v) is 1.89. The van der Waals surface area contributed by atoms with Gasteiger partial charge >= 0.3 is 0 Å². The van der Waals surface area contributed by atoms with Crippen molar-refractivity contribution in [2.75, 3.05) is 13.1 Å². The molecule has 0 N–H and O–H groups in total. The van der Waals surface area contributed by atoms with Gasteiger partial charge in [0.05, 0.1) is 21.8 Å². The molecule has 17 heavy (non-hydrogen) atoms. The highest BCUT2D eigenvalue weighted by molar-refractivity contribution is 14.1. The number of nitriles is 1. The van der Waals surface area contributed by atoms with E-state index in [4.69, 9.17) is 5.26 Å². The van der Waals surface area contributed by atoms with Crippen molar-refractivity contribution in [2.45, 2.75) is 20.4 Å². The maximum atomic E-state index is 12.0. The average Bonchev–Trinajstić information content (AvgIpc) is 2.70. The second kappa shape index (κ2) is 6.59. The van der Waals surface area contributed by atoms with E-state index in [0.29, 0.717) is 13.1 Å². The number of aromatic nitrogens is 2. The van der Waals surface area contributed by atoms with Gasteiger partial charge in [-0.15, -0.1) is 0 Å². The fourth-order valence-electron chi connectivity index (χ4n) is 1.44. The van der Waals surface area contributed by atoms with Crippen LogP contribution in [0, 0.1) is 20.8 Å². The van der Waals surface area contributed by atoms with Crippen molar-refractivity contribution in [2.24, 2.45) is 5.92 Å². The Morgan fingerprint density at radius 2 is 2.47 bits per heavy atom. The Kier molecular flexibility index (Phi) is 5.41. The molecule has 0 bridgehead atoms. The van der Waals surface area contributed by atoms with Crippen molar-refractivity contribution in [1.29, 1.82) is 5.26 Å². The van der Waals surface area contributed by atoms with Crippen molar-refractivity contribution in [3.63, 3.8) is 0 Å². The van der Waals surface area contributed by atoms with Gasteiger partial charge in [0.25, 0.3) is 0 Å². The molecule has 1 aromatic heterocycles. The Morgan fingerprint density at radius 1 is 1.76 bits per heavy atom. The fraction of sp³-hybridized carbons (Fsp3) is 0.545. The van der Waals surface area contributed by atoms with Gasteiger partial charge in [-0.2, -0.15) is 10.4 Å². The zero-order valence-corrected chi connectivity index (χ0v) is 12.1. The first-order valence-electron chi connectivity index (χ1n) is 5.42. The molecular weight excluding hydrogens is 331 g/mol. The van der Waals surface area contributed by atoms with Gasteiger partial charge in [-0.05, 0) is 36.4 Å². The minimum absolute atomic E-state index is 0.00546. The van der Waals surface area contributed by atoms with E-state index >= 15 is 0 Å². The zero-order chi connectivity index (χ0) is 12.8. The lowest BCUT2D eigenvalue weighted by Crippen LogP contribution is -2.36. The van der Waals surface area contributed by atoms with Gasteiger partial charge < -0.3 is 4.90 Å². The molecule has 0 aliphatic heterocycles. The molecule has 0 unspecified atom stereocenters. The van der Waals surface area contributed by atoms with Crippen LogP contribution in [0.2, 0.25) is 0 Å². The van der Waals surface area contributed by atoms with Crippen LogP contribution in [0.1, 0.15) is 13.8 Å². The number of hydrogen-bond acceptors (Lipinski definition) is 3. The van der Waals surface area contributed by atoms with E-state index in [2.05, 4.69) is 33.8 Å². The van der Waals surface area contributed by atoms with Gasteiger partial charge in [0.2, 0.25) is 5.91 Å². The van der Waals surface area contributed by atoms with Crippen LogP contribution < -0.4 is 0 Å². The Labute approximate surface area is 115 Å². The lowest BCUT2D eigenvalue weighted by molar-refractivity contribution is -0.132. The van der Waals surface area contributed by atoms with E-state index in [9.17, 15) is 4.79 Å². The van der Waals surface area contributed by atoms with Crippen LogP contribution in [0.3, 0.4) is 0 Å². The van der Waals surface area contributed by atoms with Crippen LogP contribution in [0.25, 0.3) is 0 Å². The number of likely N-dealkylation sites (N-methyl/N-ethyl adjacent to an activating group) is 1. The molecule has 5 nitrogen and oxygen atoms in total. The standard InChI is InChI=1S/C11H15IN4O/c1-3-15(6-9(2)4-13)11(17)8-16-7-10(12)5-14-16/h5,7,9H,3,6,8H2,1-2H3/t9-/m1/s1. The highest BCUT2D eigenvalue weighted by Crippen LogP contribution is 2.04. The van der Waals surface area contributed by atoms with Crippen LogP contribution in [-0.4, -0.2) is 33.7 Å². The quantitative estimate of drug-likeness (QED) is 0.759. The van der Waals surface area contributed by atoms with E-state index in [-0.39, 0.29) is 18.4 Å². The van der Waals surface area contributed by atoms with Crippen molar-refractivity contribution in [1.82, 2.24) is 14.7 Å². The summed E-state index contributed by atoms with van der Waals surface area (Å²) >= 11 is 2.15. The van der Waals surface area contributed by atoms with E-state index < -0.39 is 0 Å². The topological polar surface area (TPSA) is 61.9 Å². The largest absolute Gasteiger partial charge is 0.340 e. The summed E-state index contributed by atoms with van der Waals surface area (Å²) in [4.78, 5) is 13.6. The normalized spacial score (nSPS) is 11.9. The molecule has 0 saturated carbocycles. The summed E-state index contributed by atoms with van der Waals surface area (Å²) in [5, 5.41) is 12.8. The van der Waals surface area contributed by atoms with Crippen molar-refractivity contribution < 1.29 is 4.79 Å². The van der Waals surface area contributed by atoms with Gasteiger partial charge in [0.15, 0.2) is 0 Å². The third-order valence-corrected chi connectivity index (χ3v) is 2.91. The molecule has 1 amide bonds. The van der Waals surface area contributed by atoms with E-state index in [0.717, 1.165) is 3.57 Å². The highest BCUT2D eigenvalue weighted by atomic mass is 127. The predicted molar refractivity (Wildman–Crippen MR) is 72.0 cm³/mol. The summed E-state index contributed by atoms with van der Waals surface area (Å²) < 4.78 is 2.62. The molecule has 0 spiro atoms. The minimum atomic E-state index is -0.142. The smallest absolute Gasteiger partial charge is 0.244 e. The number of carbonyl (C=O) groups excluding carboxylic acids is 1. The molecule has 0 saturated heterocycles. The van der Waals surface area contributed by atoms with Crippen LogP contribution in [-0.2, 0) is 11.3 Å². The maximum Gasteiger partial charge on any atom is 0.244 e. The zero-order valence-electron chi connectivity index (χ0n) is 9.93. The van der Waals surface area contributed by atoms with Crippen LogP contribution in [0.5, 0.6) is 0 Å². The van der Waals surface area contributed by atoms with Gasteiger partial charge in [-0.25, -0.2) is 0 Å². The number of halogens is 1. The Bertz CT molecular complexity index is 423. The molecule has 0 fully saturated rings. The van der Waals surface area contributed by atoms with Gasteiger partial charge in [0, 0.05) is 19.3 Å². The predicted octanol–water partition coefficient (Wildman–Crippen LogP) is 1.50. The summed E-state index contributed by atoms with van der Waals surface area (Å²) in [5.74, 6) is -0.147. The molecule has 1 heterocycles. The first kappa shape index (κ1) is 14.0. The van der Waals surface area contributed by atoms with Gasteiger partial charge in [-0.3, -0.25) is 9.48 Å². The van der Waals surface area contributed by atoms with Crippen molar-refractivity contribution in [3.8, 4) is 6.07 Å². The summed E-state index contributed by atoms with van der Waals surface area (Å²) in [6.45, 7) is 5.05. The summed E-state index contributed by atoms with van der Waals surface area (Å²) in [7, 11) is 0. The minimum Gasteiger partial charge on any atom is -0.340 e. The molecule has 0 aromatic carbocycles. The summed E-state index contributed by atoms with van der Waals surface area (Å²) in [6, 6.07) is 2.14. The molecule has 0 aliphatic carbocycles. The average molecular weight is 346 g/mol. The van der Waals surface area contributed by atoms with E-state index in [1.165, 1.54) is 0 Å². The van der Waals surface area contributed by atoms with Crippen LogP contribution in [0.4, 0.5) is 0 Å². The van der Waals surface area contributed by atoms with Crippen LogP contribution in [0.15, 0.2) is 12.4 Å². The SMILES string of the molecule is CCN(C[C@H](C)C#N)C(=O)Cn1cc(I)cn1. The molecule has 1 atom stereocenters. The molecule has 0 aliphatic rings. The first-order chi connectivity index (χ1) is 8.06. The molecule has 6 heteroatoms. The third-order valence-electron chi connectivity index (χ3n) is 2.35. The number of carbonyl (C=O) groups is 1. The second-order valence-corrected chi connectivity index (χ2v) is 5.06. The number of hydrogen-bond donors (Lipinski definition) is 0. The molecule has 0 radical (unpaired) electrons. The van der Waals surface area contributed by atoms with E-state index in [1.54, 1.807) is 15.8 Å². The monoisotopic (exact) mass is 346 g/mol. The van der Waals surface area contributed by atoms with Crippen molar-refractivity contribution >= 4 is 28.5 Å². The highest BCUT2D eigenvalue weighted by Gasteiger charge is 2.15. The first-order valence-corrected chi connectivity index (χ1v) is 6.50. The molecule has 92 valence electrons. The lowest BCUT2D eigenvalue weighted by Gasteiger charge is -2.21.